The number of nitrogens with one attached hydrogen (secondary N) is 6. The molecule has 1 aliphatic rings. The highest BCUT2D eigenvalue weighted by Crippen LogP contribution is 2.18. The lowest BCUT2D eigenvalue weighted by Gasteiger charge is -2.30. The smallest absolute Gasteiger partial charge is 0.322 e. The van der Waals surface area contributed by atoms with Crippen LogP contribution < -0.4 is 43.4 Å². The summed E-state index contributed by atoms with van der Waals surface area (Å²) in [6, 6.07) is -5.64. The van der Waals surface area contributed by atoms with E-state index < -0.39 is 108 Å². The van der Waals surface area contributed by atoms with Gasteiger partial charge in [0.15, 0.2) is 0 Å². The van der Waals surface area contributed by atoms with E-state index in [-0.39, 0.29) is 31.7 Å². The molecule has 19 nitrogen and oxygen atoms in total. The lowest BCUT2D eigenvalue weighted by Crippen LogP contribution is -2.60. The van der Waals surface area contributed by atoms with Crippen LogP contribution in [-0.2, 0) is 43.2 Å². The van der Waals surface area contributed by atoms with Crippen LogP contribution in [0.5, 0.6) is 0 Å². The van der Waals surface area contributed by atoms with E-state index in [9.17, 15) is 43.2 Å². The van der Waals surface area contributed by atoms with Gasteiger partial charge in [-0.25, -0.2) is 0 Å². The molecule has 0 aromatic carbocycles. The number of likely N-dealkylation sites (tertiary alicyclic amines) is 1. The van der Waals surface area contributed by atoms with Gasteiger partial charge < -0.3 is 53.4 Å². The molecule has 1 fully saturated rings. The van der Waals surface area contributed by atoms with Crippen molar-refractivity contribution in [3.63, 3.8) is 0 Å². The van der Waals surface area contributed by atoms with Crippen LogP contribution in [-0.4, -0.2) is 120 Å². The Balaban J connectivity index is 3.12. The number of carboxylic acids is 1. The molecule has 19 heteroatoms. The number of carbonyl (C=O) groups is 9. The highest BCUT2D eigenvalue weighted by molar-refractivity contribution is 5.97. The van der Waals surface area contributed by atoms with Gasteiger partial charge in [-0.15, -0.1) is 0 Å². The van der Waals surface area contributed by atoms with Gasteiger partial charge in [-0.3, -0.25) is 43.2 Å². The molecule has 5 atom stereocenters. The zero-order valence-corrected chi connectivity index (χ0v) is 30.2. The Morgan fingerprint density at radius 1 is 0.745 bits per heavy atom. The van der Waals surface area contributed by atoms with Gasteiger partial charge in [0.1, 0.15) is 36.8 Å². The minimum absolute atomic E-state index is 0.105. The monoisotopic (exact) mass is 725 g/mol. The van der Waals surface area contributed by atoms with Crippen LogP contribution in [0.4, 0.5) is 0 Å². The Kier molecular flexibility index (Phi) is 18.6. The van der Waals surface area contributed by atoms with E-state index in [4.69, 9.17) is 16.6 Å². The zero-order valence-electron chi connectivity index (χ0n) is 30.2. The van der Waals surface area contributed by atoms with Crippen LogP contribution in [0.3, 0.4) is 0 Å². The lowest BCUT2D eigenvalue weighted by molar-refractivity contribution is -0.139. The summed E-state index contributed by atoms with van der Waals surface area (Å²) in [4.78, 5) is 114. The average molecular weight is 726 g/mol. The van der Waals surface area contributed by atoms with E-state index in [1.165, 1.54) is 4.90 Å². The van der Waals surface area contributed by atoms with E-state index in [0.29, 0.717) is 19.4 Å². The molecular weight excluding hydrogens is 670 g/mol. The van der Waals surface area contributed by atoms with Crippen molar-refractivity contribution in [2.75, 3.05) is 26.2 Å². The number of primary amides is 1. The van der Waals surface area contributed by atoms with Crippen molar-refractivity contribution in [3.8, 4) is 0 Å². The predicted octanol–water partition coefficient (Wildman–Crippen LogP) is -3.18. The molecule has 1 heterocycles. The summed E-state index contributed by atoms with van der Waals surface area (Å²) in [6.45, 7) is 9.11. The fourth-order valence-corrected chi connectivity index (χ4v) is 5.33. The maximum atomic E-state index is 13.6. The summed E-state index contributed by atoms with van der Waals surface area (Å²) < 4.78 is 0. The minimum Gasteiger partial charge on any atom is -0.480 e. The maximum absolute atomic E-state index is 13.6. The van der Waals surface area contributed by atoms with Crippen LogP contribution in [0.2, 0.25) is 0 Å². The fraction of sp³-hybridized carbons (Fsp3) is 0.719. The second-order valence-electron chi connectivity index (χ2n) is 13.6. The normalized spacial score (nSPS) is 16.4. The quantitative estimate of drug-likeness (QED) is 0.0568. The van der Waals surface area contributed by atoms with Gasteiger partial charge in [0.25, 0.3) is 0 Å². The number of hydrogen-bond donors (Lipinski definition) is 9. The van der Waals surface area contributed by atoms with E-state index >= 15 is 0 Å². The molecule has 51 heavy (non-hydrogen) atoms. The van der Waals surface area contributed by atoms with E-state index in [1.54, 1.807) is 27.7 Å². The van der Waals surface area contributed by atoms with Crippen LogP contribution in [0.25, 0.3) is 0 Å². The van der Waals surface area contributed by atoms with Gasteiger partial charge in [-0.1, -0.05) is 41.5 Å². The largest absolute Gasteiger partial charge is 0.480 e. The molecule has 1 aliphatic heterocycles. The summed E-state index contributed by atoms with van der Waals surface area (Å²) in [5.74, 6) is -7.77. The number of nitrogens with two attached hydrogens (primary N) is 2. The van der Waals surface area contributed by atoms with Crippen molar-refractivity contribution in [2.45, 2.75) is 104 Å². The van der Waals surface area contributed by atoms with E-state index in [2.05, 4.69) is 31.9 Å². The van der Waals surface area contributed by atoms with Gasteiger partial charge in [0, 0.05) is 13.0 Å². The Hall–Kier alpha value is -4.81. The summed E-state index contributed by atoms with van der Waals surface area (Å²) in [6.07, 6.45) is 0.601. The van der Waals surface area contributed by atoms with Crippen LogP contribution in [0.1, 0.15) is 73.6 Å². The van der Waals surface area contributed by atoms with Gasteiger partial charge in [0.2, 0.25) is 47.3 Å². The lowest BCUT2D eigenvalue weighted by atomic mass is 9.98. The standard InChI is InChI=1S/C32H55N9O10/c1-16(2)12-20(29(48)39-26(17(3)4)31(50)36-14-23(43)35-15-25(45)46)38-32(51)27(18(5)6)40-28(47)19(9-10-22(34)42)37-30(49)21-8-7-11-41(21)24(44)13-33/h16-21,26-27H,7-15,33H2,1-6H3,(H2,34,42)(H,35,43)(H,36,50)(H,37,49)(H,38,51)(H,39,48)(H,40,47)(H,45,46)/t19-,20-,21+,26-,27-/m1/s1. The molecule has 1 saturated heterocycles. The third-order valence-electron chi connectivity index (χ3n) is 8.06. The minimum atomic E-state index is -1.29. The Morgan fingerprint density at radius 3 is 1.82 bits per heavy atom. The molecule has 0 unspecified atom stereocenters. The molecule has 288 valence electrons. The zero-order chi connectivity index (χ0) is 39.0. The molecule has 0 aromatic heterocycles. The van der Waals surface area contributed by atoms with Crippen molar-refractivity contribution >= 4 is 53.2 Å². The van der Waals surface area contributed by atoms with Gasteiger partial charge in [0.05, 0.1) is 13.1 Å². The molecule has 0 aliphatic carbocycles. The molecule has 0 bridgehead atoms. The molecule has 11 N–H and O–H groups in total. The van der Waals surface area contributed by atoms with Crippen LogP contribution in [0, 0.1) is 17.8 Å². The second kappa shape index (κ2) is 21.4. The first-order valence-corrected chi connectivity index (χ1v) is 17.0. The van der Waals surface area contributed by atoms with Crippen molar-refractivity contribution in [3.05, 3.63) is 0 Å². The number of amides is 8. The predicted molar refractivity (Wildman–Crippen MR) is 183 cm³/mol. The van der Waals surface area contributed by atoms with Crippen molar-refractivity contribution < 1.29 is 48.3 Å². The third kappa shape index (κ3) is 15.3. The third-order valence-corrected chi connectivity index (χ3v) is 8.06. The van der Waals surface area contributed by atoms with Crippen molar-refractivity contribution in [2.24, 2.45) is 29.2 Å². The Morgan fingerprint density at radius 2 is 1.31 bits per heavy atom. The number of hydrogen-bond acceptors (Lipinski definition) is 10. The first-order chi connectivity index (χ1) is 23.8. The van der Waals surface area contributed by atoms with Crippen LogP contribution >= 0.6 is 0 Å². The SMILES string of the molecule is CC(C)C[C@@H](NC(=O)[C@H](NC(=O)[C@@H](CCC(N)=O)NC(=O)[C@@H]1CCCN1C(=O)CN)C(C)C)C(=O)N[C@@H](C(=O)NCC(=O)NCC(=O)O)C(C)C. The average Bonchev–Trinajstić information content (AvgIpc) is 3.54. The first kappa shape index (κ1) is 44.2. The number of carbonyl (C=O) groups excluding carboxylic acids is 8. The molecule has 0 spiro atoms. The van der Waals surface area contributed by atoms with Gasteiger partial charge in [-0.2, -0.15) is 0 Å². The molecule has 0 saturated carbocycles. The molecule has 0 radical (unpaired) electrons. The topological polar surface area (TPSA) is 301 Å². The molecule has 8 amide bonds. The summed E-state index contributed by atoms with van der Waals surface area (Å²) >= 11 is 0. The van der Waals surface area contributed by atoms with Crippen LogP contribution in [0.15, 0.2) is 0 Å². The maximum Gasteiger partial charge on any atom is 0.322 e. The van der Waals surface area contributed by atoms with Crippen molar-refractivity contribution in [1.82, 2.24) is 36.8 Å². The summed E-state index contributed by atoms with van der Waals surface area (Å²) in [5.41, 5.74) is 10.8. The number of nitrogens with zero attached hydrogens (tertiary/aromatic N) is 1. The highest BCUT2D eigenvalue weighted by Gasteiger charge is 2.37. The fourth-order valence-electron chi connectivity index (χ4n) is 5.33. The van der Waals surface area contributed by atoms with E-state index in [1.807, 2.05) is 13.8 Å². The number of rotatable bonds is 21. The Bertz CT molecular complexity index is 1290. The Labute approximate surface area is 297 Å². The number of aliphatic carboxylic acids is 1. The number of carboxylic acid groups (broad SMARTS) is 1. The summed E-state index contributed by atoms with van der Waals surface area (Å²) in [7, 11) is 0. The summed E-state index contributed by atoms with van der Waals surface area (Å²) in [5, 5.41) is 23.6. The van der Waals surface area contributed by atoms with E-state index in [0.717, 1.165) is 0 Å². The molecule has 0 aromatic rings. The second-order valence-corrected chi connectivity index (χ2v) is 13.6. The van der Waals surface area contributed by atoms with Crippen molar-refractivity contribution in [1.29, 1.82) is 0 Å². The first-order valence-electron chi connectivity index (χ1n) is 17.0. The van der Waals surface area contributed by atoms with Gasteiger partial charge in [-0.05, 0) is 43.4 Å². The highest BCUT2D eigenvalue weighted by atomic mass is 16.4. The molecule has 1 rings (SSSR count). The van der Waals surface area contributed by atoms with Gasteiger partial charge >= 0.3 is 5.97 Å². The molecular formula is C32H55N9O10.